The summed E-state index contributed by atoms with van der Waals surface area (Å²) in [5, 5.41) is 5.15. The highest BCUT2D eigenvalue weighted by atomic mass is 35.5. The van der Waals surface area contributed by atoms with Crippen LogP contribution in [0.3, 0.4) is 0 Å². The molecule has 0 N–H and O–H groups in total. The Morgan fingerprint density at radius 1 is 1.00 bits per heavy atom. The number of benzene rings is 3. The normalized spacial score (nSPS) is 11.9. The Balaban J connectivity index is 1.57. The number of carbonyl (C=O) groups is 1. The van der Waals surface area contributed by atoms with Gasteiger partial charge in [-0.3, -0.25) is 4.79 Å². The number of rotatable bonds is 7. The Bertz CT molecular complexity index is 1260. The molecule has 4 rings (SSSR count). The van der Waals surface area contributed by atoms with Crippen LogP contribution in [-0.2, 0) is 6.42 Å². The number of hydrogen-bond acceptors (Lipinski definition) is 4. The molecule has 0 unspecified atom stereocenters. The van der Waals surface area contributed by atoms with Crippen molar-refractivity contribution in [1.82, 2.24) is 15.0 Å². The third-order valence-electron chi connectivity index (χ3n) is 5.58. The number of amides is 1. The summed E-state index contributed by atoms with van der Waals surface area (Å²) in [6, 6.07) is 22.4. The lowest BCUT2D eigenvalue weighted by Gasteiger charge is -2.29. The number of carbonyl (C=O) groups excluding carboxylic acids is 1. The first-order valence-corrected chi connectivity index (χ1v) is 11.4. The fourth-order valence-electron chi connectivity index (χ4n) is 3.59. The van der Waals surface area contributed by atoms with Crippen molar-refractivity contribution in [3.05, 3.63) is 105 Å². The van der Waals surface area contributed by atoms with E-state index in [0.29, 0.717) is 40.3 Å². The Labute approximate surface area is 203 Å². The topological polar surface area (TPSA) is 59.2 Å². The second-order valence-electron chi connectivity index (χ2n) is 7.79. The standard InChI is InChI=1S/C26H23Cl2N3O2/c1-17-12-13-20(16-23(17)28)25-29-24(33-30-25)14-15-31(18(2)19-8-4-3-5-9-19)26(32)21-10-6-7-11-22(21)27/h3-13,16,18H,14-15H2,1-2H3/t18-/m1/s1. The monoisotopic (exact) mass is 479 g/mol. The molecule has 0 spiro atoms. The molecule has 1 amide bonds. The molecule has 33 heavy (non-hydrogen) atoms. The summed E-state index contributed by atoms with van der Waals surface area (Å²) in [5.41, 5.74) is 3.25. The highest BCUT2D eigenvalue weighted by molar-refractivity contribution is 6.33. The van der Waals surface area contributed by atoms with Crippen molar-refractivity contribution in [1.29, 1.82) is 0 Å². The van der Waals surface area contributed by atoms with Gasteiger partial charge in [0, 0.05) is 23.6 Å². The van der Waals surface area contributed by atoms with Crippen molar-refractivity contribution >= 4 is 29.1 Å². The van der Waals surface area contributed by atoms with Crippen LogP contribution in [0.5, 0.6) is 0 Å². The Morgan fingerprint density at radius 2 is 1.73 bits per heavy atom. The van der Waals surface area contributed by atoms with E-state index in [0.717, 1.165) is 16.7 Å². The van der Waals surface area contributed by atoms with Crippen molar-refractivity contribution in [3.63, 3.8) is 0 Å². The molecule has 0 bridgehead atoms. The zero-order chi connectivity index (χ0) is 23.4. The Kier molecular flexibility index (Phi) is 7.11. The van der Waals surface area contributed by atoms with Crippen LogP contribution >= 0.6 is 23.2 Å². The van der Waals surface area contributed by atoms with Gasteiger partial charge in [0.1, 0.15) is 0 Å². The van der Waals surface area contributed by atoms with Gasteiger partial charge in [-0.1, -0.05) is 83.0 Å². The van der Waals surface area contributed by atoms with Gasteiger partial charge in [0.2, 0.25) is 11.7 Å². The fraction of sp³-hybridized carbons (Fsp3) is 0.192. The summed E-state index contributed by atoms with van der Waals surface area (Å²) in [7, 11) is 0. The van der Waals surface area contributed by atoms with Gasteiger partial charge in [0.05, 0.1) is 16.6 Å². The van der Waals surface area contributed by atoms with E-state index in [4.69, 9.17) is 27.7 Å². The molecule has 4 aromatic rings. The first-order chi connectivity index (χ1) is 15.9. The quantitative estimate of drug-likeness (QED) is 0.292. The van der Waals surface area contributed by atoms with E-state index in [9.17, 15) is 4.79 Å². The minimum absolute atomic E-state index is 0.151. The van der Waals surface area contributed by atoms with Crippen LogP contribution in [0.2, 0.25) is 10.0 Å². The van der Waals surface area contributed by atoms with Gasteiger partial charge in [-0.15, -0.1) is 0 Å². The maximum atomic E-state index is 13.5. The molecule has 7 heteroatoms. The van der Waals surface area contributed by atoms with E-state index in [2.05, 4.69) is 10.1 Å². The maximum absolute atomic E-state index is 13.5. The van der Waals surface area contributed by atoms with Crippen LogP contribution in [-0.4, -0.2) is 27.5 Å². The molecule has 0 saturated carbocycles. The lowest BCUT2D eigenvalue weighted by atomic mass is 10.0. The number of halogens is 2. The lowest BCUT2D eigenvalue weighted by Crippen LogP contribution is -2.35. The zero-order valence-corrected chi connectivity index (χ0v) is 19.8. The first kappa shape index (κ1) is 23.0. The molecule has 0 saturated heterocycles. The highest BCUT2D eigenvalue weighted by Gasteiger charge is 2.25. The summed E-state index contributed by atoms with van der Waals surface area (Å²) in [6.07, 6.45) is 0.403. The van der Waals surface area contributed by atoms with Gasteiger partial charge >= 0.3 is 0 Å². The van der Waals surface area contributed by atoms with Gasteiger partial charge in [-0.25, -0.2) is 0 Å². The SMILES string of the molecule is Cc1ccc(-c2noc(CCN(C(=O)c3ccccc3Cl)[C@H](C)c3ccccc3)n2)cc1Cl. The van der Waals surface area contributed by atoms with E-state index >= 15 is 0 Å². The van der Waals surface area contributed by atoms with Crippen molar-refractivity contribution < 1.29 is 9.32 Å². The van der Waals surface area contributed by atoms with E-state index in [1.165, 1.54) is 0 Å². The average molecular weight is 480 g/mol. The summed E-state index contributed by atoms with van der Waals surface area (Å²) in [4.78, 5) is 19.7. The molecule has 3 aromatic carbocycles. The van der Waals surface area contributed by atoms with Crippen molar-refractivity contribution in [2.24, 2.45) is 0 Å². The molecule has 168 valence electrons. The van der Waals surface area contributed by atoms with Crippen LogP contribution in [0.25, 0.3) is 11.4 Å². The minimum atomic E-state index is -0.173. The van der Waals surface area contributed by atoms with E-state index < -0.39 is 0 Å². The summed E-state index contributed by atoms with van der Waals surface area (Å²) >= 11 is 12.6. The van der Waals surface area contributed by atoms with E-state index in [1.807, 2.05) is 68.4 Å². The molecule has 0 radical (unpaired) electrons. The van der Waals surface area contributed by atoms with Crippen LogP contribution in [0.15, 0.2) is 77.3 Å². The van der Waals surface area contributed by atoms with Gasteiger partial charge in [0.25, 0.3) is 5.91 Å². The molecular formula is C26H23Cl2N3O2. The van der Waals surface area contributed by atoms with Gasteiger partial charge in [0.15, 0.2) is 0 Å². The molecule has 1 aromatic heterocycles. The number of nitrogens with zero attached hydrogens (tertiary/aromatic N) is 3. The van der Waals surface area contributed by atoms with Crippen LogP contribution in [0.4, 0.5) is 0 Å². The second kappa shape index (κ2) is 10.2. The first-order valence-electron chi connectivity index (χ1n) is 10.6. The average Bonchev–Trinajstić information content (AvgIpc) is 3.30. The van der Waals surface area contributed by atoms with Crippen molar-refractivity contribution in [3.8, 4) is 11.4 Å². The van der Waals surface area contributed by atoms with Crippen molar-refractivity contribution in [2.45, 2.75) is 26.3 Å². The van der Waals surface area contributed by atoms with E-state index in [1.54, 1.807) is 23.1 Å². The predicted octanol–water partition coefficient (Wildman–Crippen LogP) is 6.80. The van der Waals surface area contributed by atoms with Gasteiger partial charge < -0.3 is 9.42 Å². The smallest absolute Gasteiger partial charge is 0.255 e. The Morgan fingerprint density at radius 3 is 2.45 bits per heavy atom. The minimum Gasteiger partial charge on any atom is -0.339 e. The summed E-state index contributed by atoms with van der Waals surface area (Å²) in [5.74, 6) is 0.757. The second-order valence-corrected chi connectivity index (χ2v) is 8.61. The largest absolute Gasteiger partial charge is 0.339 e. The Hall–Kier alpha value is -3.15. The highest BCUT2D eigenvalue weighted by Crippen LogP contribution is 2.26. The molecule has 0 aliphatic heterocycles. The molecule has 1 heterocycles. The van der Waals surface area contributed by atoms with Crippen LogP contribution in [0.1, 0.15) is 40.3 Å². The number of aromatic nitrogens is 2. The molecule has 0 aliphatic rings. The zero-order valence-electron chi connectivity index (χ0n) is 18.3. The number of hydrogen-bond donors (Lipinski definition) is 0. The molecular weight excluding hydrogens is 457 g/mol. The lowest BCUT2D eigenvalue weighted by molar-refractivity contribution is 0.0689. The molecule has 0 aliphatic carbocycles. The fourth-order valence-corrected chi connectivity index (χ4v) is 3.99. The van der Waals surface area contributed by atoms with Crippen LogP contribution < -0.4 is 0 Å². The van der Waals surface area contributed by atoms with Gasteiger partial charge in [-0.2, -0.15) is 4.98 Å². The number of aryl methyl sites for hydroxylation is 1. The summed E-state index contributed by atoms with van der Waals surface area (Å²) < 4.78 is 5.47. The molecule has 5 nitrogen and oxygen atoms in total. The third kappa shape index (κ3) is 5.27. The summed E-state index contributed by atoms with van der Waals surface area (Å²) in [6.45, 7) is 4.32. The van der Waals surface area contributed by atoms with E-state index in [-0.39, 0.29) is 11.9 Å². The third-order valence-corrected chi connectivity index (χ3v) is 6.32. The molecule has 1 atom stereocenters. The van der Waals surface area contributed by atoms with Crippen molar-refractivity contribution in [2.75, 3.05) is 6.54 Å². The maximum Gasteiger partial charge on any atom is 0.255 e. The van der Waals surface area contributed by atoms with Gasteiger partial charge in [-0.05, 0) is 43.2 Å². The molecule has 0 fully saturated rings. The predicted molar refractivity (Wildman–Crippen MR) is 131 cm³/mol. The van der Waals surface area contributed by atoms with Crippen LogP contribution in [0, 0.1) is 6.92 Å².